The lowest BCUT2D eigenvalue weighted by Gasteiger charge is -2.26. The number of methoxy groups -OCH3 is 1. The van der Waals surface area contributed by atoms with Gasteiger partial charge in [0.15, 0.2) is 0 Å². The summed E-state index contributed by atoms with van der Waals surface area (Å²) in [6, 6.07) is 0. The number of hydrogen-bond donors (Lipinski definition) is 2. The van der Waals surface area contributed by atoms with Crippen LogP contribution < -0.4 is 0 Å². The molecule has 0 bridgehead atoms. The lowest BCUT2D eigenvalue weighted by atomic mass is 10.0. The smallest absolute Gasteiger partial charge is 0.147 e. The Morgan fingerprint density at radius 3 is 2.36 bits per heavy atom. The van der Waals surface area contributed by atoms with Crippen LogP contribution in [-0.2, 0) is 9.47 Å². The van der Waals surface area contributed by atoms with Crippen LogP contribution in [0.15, 0.2) is 0 Å². The minimum atomic E-state index is -0.676. The van der Waals surface area contributed by atoms with Crippen LogP contribution in [0, 0.1) is 0 Å². The van der Waals surface area contributed by atoms with Crippen molar-refractivity contribution in [3.05, 3.63) is 0 Å². The maximum Gasteiger partial charge on any atom is 0.147 e. The Morgan fingerprint density at radius 2 is 2.00 bits per heavy atom. The predicted octanol–water partition coefficient (Wildman–Crippen LogP) is -0.260. The van der Waals surface area contributed by atoms with Gasteiger partial charge in [-0.15, -0.1) is 0 Å². The van der Waals surface area contributed by atoms with Gasteiger partial charge in [-0.2, -0.15) is 0 Å². The molecule has 0 saturated carbocycles. The maximum atomic E-state index is 8.85. The standard InChI is InChI=1S/C7H16O4/c1-7(5-9,3-4-8)11-6-10-2/h8-9H,3-6H2,1-2H3/t7-/m1/s1. The van der Waals surface area contributed by atoms with Gasteiger partial charge in [-0.1, -0.05) is 0 Å². The minimum Gasteiger partial charge on any atom is -0.396 e. The molecule has 0 amide bonds. The number of rotatable bonds is 6. The fourth-order valence-corrected chi connectivity index (χ4v) is 0.635. The summed E-state index contributed by atoms with van der Waals surface area (Å²) in [5.74, 6) is 0. The average Bonchev–Trinajstić information content (AvgIpc) is 2.02. The quantitative estimate of drug-likeness (QED) is 0.531. The van der Waals surface area contributed by atoms with Gasteiger partial charge in [-0.05, 0) is 6.92 Å². The molecule has 0 heterocycles. The molecule has 0 aliphatic rings. The van der Waals surface area contributed by atoms with Crippen LogP contribution in [-0.4, -0.2) is 42.9 Å². The van der Waals surface area contributed by atoms with Gasteiger partial charge in [0.1, 0.15) is 6.79 Å². The summed E-state index contributed by atoms with van der Waals surface area (Å²) in [6.45, 7) is 1.75. The Bertz CT molecular complexity index is 96.4. The molecule has 1 atom stereocenters. The lowest BCUT2D eigenvalue weighted by Crippen LogP contribution is -2.35. The molecular weight excluding hydrogens is 148 g/mol. The highest BCUT2D eigenvalue weighted by Gasteiger charge is 2.22. The zero-order valence-electron chi connectivity index (χ0n) is 7.04. The van der Waals surface area contributed by atoms with Gasteiger partial charge in [-0.25, -0.2) is 0 Å². The van der Waals surface area contributed by atoms with Gasteiger partial charge in [0, 0.05) is 20.1 Å². The van der Waals surface area contributed by atoms with Gasteiger partial charge in [0.2, 0.25) is 0 Å². The van der Waals surface area contributed by atoms with E-state index in [1.165, 1.54) is 7.11 Å². The zero-order chi connectivity index (χ0) is 8.74. The molecule has 4 nitrogen and oxygen atoms in total. The van der Waals surface area contributed by atoms with Crippen molar-refractivity contribution in [1.82, 2.24) is 0 Å². The second kappa shape index (κ2) is 5.49. The third-order valence-electron chi connectivity index (χ3n) is 1.50. The van der Waals surface area contributed by atoms with E-state index in [0.717, 1.165) is 0 Å². The molecule has 0 unspecified atom stereocenters. The van der Waals surface area contributed by atoms with Crippen molar-refractivity contribution in [3.8, 4) is 0 Å². The Kier molecular flexibility index (Phi) is 5.41. The van der Waals surface area contributed by atoms with Gasteiger partial charge in [0.05, 0.1) is 12.2 Å². The Labute approximate surface area is 66.7 Å². The first-order valence-electron chi connectivity index (χ1n) is 3.53. The molecule has 4 heteroatoms. The first kappa shape index (κ1) is 10.8. The summed E-state index contributed by atoms with van der Waals surface area (Å²) in [6.07, 6.45) is 0.410. The molecule has 0 spiro atoms. The maximum absolute atomic E-state index is 8.85. The molecule has 11 heavy (non-hydrogen) atoms. The van der Waals surface area contributed by atoms with E-state index in [0.29, 0.717) is 6.42 Å². The third-order valence-corrected chi connectivity index (χ3v) is 1.50. The Hall–Kier alpha value is -0.160. The first-order chi connectivity index (χ1) is 5.18. The molecule has 0 aliphatic carbocycles. The topological polar surface area (TPSA) is 58.9 Å². The van der Waals surface area contributed by atoms with Crippen molar-refractivity contribution >= 4 is 0 Å². The van der Waals surface area contributed by atoms with E-state index in [2.05, 4.69) is 4.74 Å². The van der Waals surface area contributed by atoms with Crippen LogP contribution in [0.4, 0.5) is 0 Å². The van der Waals surface area contributed by atoms with Crippen molar-refractivity contribution in [1.29, 1.82) is 0 Å². The molecule has 0 radical (unpaired) electrons. The van der Waals surface area contributed by atoms with E-state index < -0.39 is 5.60 Å². The zero-order valence-corrected chi connectivity index (χ0v) is 7.04. The predicted molar refractivity (Wildman–Crippen MR) is 40.2 cm³/mol. The van der Waals surface area contributed by atoms with Crippen LogP contribution >= 0.6 is 0 Å². The number of aliphatic hydroxyl groups is 2. The van der Waals surface area contributed by atoms with E-state index in [1.54, 1.807) is 6.92 Å². The minimum absolute atomic E-state index is 0.000768. The third kappa shape index (κ3) is 4.31. The Balaban J connectivity index is 3.68. The van der Waals surface area contributed by atoms with E-state index in [4.69, 9.17) is 14.9 Å². The van der Waals surface area contributed by atoms with Crippen LogP contribution in [0.5, 0.6) is 0 Å². The normalized spacial score (nSPS) is 16.4. The van der Waals surface area contributed by atoms with E-state index in [9.17, 15) is 0 Å². The number of hydrogen-bond acceptors (Lipinski definition) is 4. The fraction of sp³-hybridized carbons (Fsp3) is 1.00. The SMILES string of the molecule is COCO[C@@](C)(CO)CCO. The van der Waals surface area contributed by atoms with Crippen molar-refractivity contribution in [2.24, 2.45) is 0 Å². The van der Waals surface area contributed by atoms with Crippen molar-refractivity contribution in [2.75, 3.05) is 27.1 Å². The van der Waals surface area contributed by atoms with E-state index in [-0.39, 0.29) is 20.0 Å². The van der Waals surface area contributed by atoms with Crippen LogP contribution in [0.3, 0.4) is 0 Å². The van der Waals surface area contributed by atoms with Gasteiger partial charge >= 0.3 is 0 Å². The van der Waals surface area contributed by atoms with Crippen LogP contribution in [0.25, 0.3) is 0 Å². The van der Waals surface area contributed by atoms with Crippen LogP contribution in [0.1, 0.15) is 13.3 Å². The van der Waals surface area contributed by atoms with Gasteiger partial charge < -0.3 is 19.7 Å². The summed E-state index contributed by atoms with van der Waals surface area (Å²) >= 11 is 0. The molecule has 0 aromatic heterocycles. The molecule has 0 aromatic carbocycles. The first-order valence-corrected chi connectivity index (χ1v) is 3.53. The number of ether oxygens (including phenoxy) is 2. The molecule has 0 aromatic rings. The molecule has 0 rings (SSSR count). The van der Waals surface area contributed by atoms with Gasteiger partial charge in [0.25, 0.3) is 0 Å². The molecular formula is C7H16O4. The largest absolute Gasteiger partial charge is 0.396 e. The monoisotopic (exact) mass is 164 g/mol. The summed E-state index contributed by atoms with van der Waals surface area (Å²) in [7, 11) is 1.51. The molecule has 68 valence electrons. The summed E-state index contributed by atoms with van der Waals surface area (Å²) in [5, 5.41) is 17.5. The second-order valence-electron chi connectivity index (χ2n) is 2.63. The van der Waals surface area contributed by atoms with Crippen molar-refractivity contribution in [3.63, 3.8) is 0 Å². The van der Waals surface area contributed by atoms with Crippen LogP contribution in [0.2, 0.25) is 0 Å². The van der Waals surface area contributed by atoms with Crippen molar-refractivity contribution in [2.45, 2.75) is 18.9 Å². The summed E-state index contributed by atoms with van der Waals surface area (Å²) in [5.41, 5.74) is -0.676. The Morgan fingerprint density at radius 1 is 1.36 bits per heavy atom. The number of aliphatic hydroxyl groups excluding tert-OH is 2. The van der Waals surface area contributed by atoms with Gasteiger partial charge in [-0.3, -0.25) is 0 Å². The highest BCUT2D eigenvalue weighted by Crippen LogP contribution is 2.13. The fourth-order valence-electron chi connectivity index (χ4n) is 0.635. The average molecular weight is 164 g/mol. The highest BCUT2D eigenvalue weighted by molar-refractivity contribution is 4.72. The van der Waals surface area contributed by atoms with E-state index >= 15 is 0 Å². The second-order valence-corrected chi connectivity index (χ2v) is 2.63. The van der Waals surface area contributed by atoms with Crippen molar-refractivity contribution < 1.29 is 19.7 Å². The molecule has 2 N–H and O–H groups in total. The molecule has 0 fully saturated rings. The molecule has 0 aliphatic heterocycles. The highest BCUT2D eigenvalue weighted by atomic mass is 16.7. The summed E-state index contributed by atoms with van der Waals surface area (Å²) < 4.78 is 9.81. The van der Waals surface area contributed by atoms with E-state index in [1.807, 2.05) is 0 Å². The molecule has 0 saturated heterocycles. The summed E-state index contributed by atoms with van der Waals surface area (Å²) in [4.78, 5) is 0. The lowest BCUT2D eigenvalue weighted by molar-refractivity contribution is -0.147.